The molecule has 2 aromatic carbocycles. The minimum absolute atomic E-state index is 0.0480. The molecule has 0 unspecified atom stereocenters. The number of anilines is 2. The predicted molar refractivity (Wildman–Crippen MR) is 109 cm³/mol. The van der Waals surface area contributed by atoms with E-state index in [2.05, 4.69) is 26.6 Å². The summed E-state index contributed by atoms with van der Waals surface area (Å²) in [6.07, 6.45) is 0. The second kappa shape index (κ2) is 9.10. The van der Waals surface area contributed by atoms with Crippen molar-refractivity contribution in [2.24, 2.45) is 0 Å². The van der Waals surface area contributed by atoms with Gasteiger partial charge in [0, 0.05) is 15.8 Å². The Labute approximate surface area is 167 Å². The Morgan fingerprint density at radius 3 is 2.44 bits per heavy atom. The first-order valence-electron chi connectivity index (χ1n) is 8.50. The molecule has 2 aromatic rings. The molecule has 0 aliphatic heterocycles. The van der Waals surface area contributed by atoms with Crippen LogP contribution < -0.4 is 10.6 Å². The van der Waals surface area contributed by atoms with Crippen molar-refractivity contribution in [1.82, 2.24) is 4.90 Å². The summed E-state index contributed by atoms with van der Waals surface area (Å²) in [4.78, 5) is 26.3. The topological polar surface area (TPSA) is 61.4 Å². The Morgan fingerprint density at radius 2 is 1.81 bits per heavy atom. The number of benzene rings is 2. The molecule has 0 saturated carbocycles. The third kappa shape index (κ3) is 5.87. The van der Waals surface area contributed by atoms with E-state index in [1.165, 1.54) is 6.07 Å². The van der Waals surface area contributed by atoms with E-state index in [1.54, 1.807) is 37.9 Å². The Kier molecular flexibility index (Phi) is 7.10. The number of likely N-dealkylation sites (N-methyl/N-ethyl adjacent to an activating group) is 1. The molecular weight excluding hydrogens is 413 g/mol. The first-order valence-corrected chi connectivity index (χ1v) is 9.30. The molecule has 2 N–H and O–H groups in total. The number of nitrogens with zero attached hydrogens (tertiary/aromatic N) is 1. The third-order valence-electron chi connectivity index (χ3n) is 4.34. The van der Waals surface area contributed by atoms with Crippen LogP contribution in [0.3, 0.4) is 0 Å². The normalized spacial score (nSPS) is 12.0. The maximum atomic E-state index is 13.6. The van der Waals surface area contributed by atoms with E-state index in [-0.39, 0.29) is 24.2 Å². The summed E-state index contributed by atoms with van der Waals surface area (Å²) in [6, 6.07) is 9.55. The number of nitrogens with one attached hydrogen (secondary N) is 2. The molecule has 0 bridgehead atoms. The van der Waals surface area contributed by atoms with E-state index in [1.807, 2.05) is 25.1 Å². The highest BCUT2D eigenvalue weighted by Crippen LogP contribution is 2.20. The number of halogens is 2. The SMILES string of the molecule is Cc1ccc(NC(=O)[C@@H](C)N(C)CC(=O)Nc2ccc(Br)cc2C)cc1F. The van der Waals surface area contributed by atoms with Crippen LogP contribution in [0.4, 0.5) is 15.8 Å². The Morgan fingerprint density at radius 1 is 1.11 bits per heavy atom. The fourth-order valence-corrected chi connectivity index (χ4v) is 2.91. The molecule has 5 nitrogen and oxygen atoms in total. The van der Waals surface area contributed by atoms with Crippen molar-refractivity contribution in [3.8, 4) is 0 Å². The van der Waals surface area contributed by atoms with Gasteiger partial charge in [-0.25, -0.2) is 4.39 Å². The van der Waals surface area contributed by atoms with Crippen molar-refractivity contribution in [2.75, 3.05) is 24.2 Å². The van der Waals surface area contributed by atoms with Crippen molar-refractivity contribution in [2.45, 2.75) is 26.8 Å². The Balaban J connectivity index is 1.93. The average Bonchev–Trinajstić information content (AvgIpc) is 2.59. The minimum atomic E-state index is -0.564. The van der Waals surface area contributed by atoms with Crippen LogP contribution in [-0.4, -0.2) is 36.3 Å². The highest BCUT2D eigenvalue weighted by molar-refractivity contribution is 9.10. The van der Waals surface area contributed by atoms with Gasteiger partial charge in [0.05, 0.1) is 12.6 Å². The van der Waals surface area contributed by atoms with Crippen LogP contribution in [0.5, 0.6) is 0 Å². The number of carbonyl (C=O) groups excluding carboxylic acids is 2. The van der Waals surface area contributed by atoms with Gasteiger partial charge in [-0.2, -0.15) is 0 Å². The lowest BCUT2D eigenvalue weighted by molar-refractivity contribution is -0.122. The maximum absolute atomic E-state index is 13.6. The van der Waals surface area contributed by atoms with Gasteiger partial charge in [0.2, 0.25) is 11.8 Å². The van der Waals surface area contributed by atoms with E-state index >= 15 is 0 Å². The third-order valence-corrected chi connectivity index (χ3v) is 4.83. The molecule has 7 heteroatoms. The maximum Gasteiger partial charge on any atom is 0.241 e. The molecule has 0 radical (unpaired) electrons. The lowest BCUT2D eigenvalue weighted by Gasteiger charge is -2.23. The minimum Gasteiger partial charge on any atom is -0.325 e. The van der Waals surface area contributed by atoms with E-state index in [0.717, 1.165) is 15.7 Å². The van der Waals surface area contributed by atoms with Gasteiger partial charge in [-0.3, -0.25) is 14.5 Å². The largest absolute Gasteiger partial charge is 0.325 e. The molecule has 0 spiro atoms. The first kappa shape index (κ1) is 21.1. The Bertz CT molecular complexity index is 857. The molecule has 0 fully saturated rings. The molecular formula is C20H23BrFN3O2. The zero-order chi connectivity index (χ0) is 20.1. The molecule has 0 aliphatic carbocycles. The van der Waals surface area contributed by atoms with Gasteiger partial charge < -0.3 is 10.6 Å². The number of carbonyl (C=O) groups is 2. The van der Waals surface area contributed by atoms with E-state index < -0.39 is 6.04 Å². The van der Waals surface area contributed by atoms with Crippen molar-refractivity contribution in [1.29, 1.82) is 0 Å². The average molecular weight is 436 g/mol. The first-order chi connectivity index (χ1) is 12.7. The smallest absolute Gasteiger partial charge is 0.241 e. The monoisotopic (exact) mass is 435 g/mol. The van der Waals surface area contributed by atoms with Crippen LogP contribution >= 0.6 is 15.9 Å². The van der Waals surface area contributed by atoms with Crippen molar-refractivity contribution in [3.05, 3.63) is 57.8 Å². The van der Waals surface area contributed by atoms with Crippen molar-refractivity contribution < 1.29 is 14.0 Å². The lowest BCUT2D eigenvalue weighted by Crippen LogP contribution is -2.43. The molecule has 1 atom stereocenters. The fourth-order valence-electron chi connectivity index (χ4n) is 2.44. The highest BCUT2D eigenvalue weighted by Gasteiger charge is 2.20. The molecule has 144 valence electrons. The van der Waals surface area contributed by atoms with Crippen molar-refractivity contribution in [3.63, 3.8) is 0 Å². The number of aryl methyl sites for hydroxylation is 2. The molecule has 2 rings (SSSR count). The van der Waals surface area contributed by atoms with Crippen LogP contribution in [0, 0.1) is 19.7 Å². The van der Waals surface area contributed by atoms with Gasteiger partial charge in [0.25, 0.3) is 0 Å². The van der Waals surface area contributed by atoms with Gasteiger partial charge in [-0.05, 0) is 69.3 Å². The van der Waals surface area contributed by atoms with Crippen LogP contribution in [0.2, 0.25) is 0 Å². The quantitative estimate of drug-likeness (QED) is 0.717. The number of hydrogen-bond acceptors (Lipinski definition) is 3. The summed E-state index contributed by atoms with van der Waals surface area (Å²) in [7, 11) is 1.69. The van der Waals surface area contributed by atoms with Crippen molar-refractivity contribution >= 4 is 39.1 Å². The van der Waals surface area contributed by atoms with Crippen LogP contribution in [0.1, 0.15) is 18.1 Å². The Hall–Kier alpha value is -2.25. The zero-order valence-corrected chi connectivity index (χ0v) is 17.4. The summed E-state index contributed by atoms with van der Waals surface area (Å²) >= 11 is 3.38. The van der Waals surface area contributed by atoms with Gasteiger partial charge >= 0.3 is 0 Å². The van der Waals surface area contributed by atoms with Gasteiger partial charge in [0.1, 0.15) is 5.82 Å². The summed E-state index contributed by atoms with van der Waals surface area (Å²) in [6.45, 7) is 5.30. The van der Waals surface area contributed by atoms with Gasteiger partial charge in [-0.1, -0.05) is 22.0 Å². The zero-order valence-electron chi connectivity index (χ0n) is 15.8. The lowest BCUT2D eigenvalue weighted by atomic mass is 10.2. The van der Waals surface area contributed by atoms with E-state index in [9.17, 15) is 14.0 Å². The number of hydrogen-bond donors (Lipinski definition) is 2. The van der Waals surface area contributed by atoms with Gasteiger partial charge in [0.15, 0.2) is 0 Å². The molecule has 0 aliphatic rings. The molecule has 2 amide bonds. The van der Waals surface area contributed by atoms with Crippen LogP contribution in [-0.2, 0) is 9.59 Å². The predicted octanol–water partition coefficient (Wildman–Crippen LogP) is 4.10. The highest BCUT2D eigenvalue weighted by atomic mass is 79.9. The molecule has 0 heterocycles. The molecule has 27 heavy (non-hydrogen) atoms. The standard InChI is InChI=1S/C20H23BrFN3O2/c1-12-5-7-16(10-17(12)22)23-20(27)14(3)25(4)11-19(26)24-18-8-6-15(21)9-13(18)2/h5-10,14H,11H2,1-4H3,(H,23,27)(H,24,26)/t14-/m1/s1. The van der Waals surface area contributed by atoms with Crippen LogP contribution in [0.15, 0.2) is 40.9 Å². The molecule has 0 saturated heterocycles. The second-order valence-electron chi connectivity index (χ2n) is 6.55. The summed E-state index contributed by atoms with van der Waals surface area (Å²) in [5, 5.41) is 5.51. The number of rotatable bonds is 6. The van der Waals surface area contributed by atoms with Gasteiger partial charge in [-0.15, -0.1) is 0 Å². The fraction of sp³-hybridized carbons (Fsp3) is 0.300. The van der Waals surface area contributed by atoms with E-state index in [0.29, 0.717) is 11.3 Å². The van der Waals surface area contributed by atoms with E-state index in [4.69, 9.17) is 0 Å². The molecule has 0 aromatic heterocycles. The van der Waals surface area contributed by atoms with Crippen LogP contribution in [0.25, 0.3) is 0 Å². The summed E-state index contributed by atoms with van der Waals surface area (Å²) < 4.78 is 14.5. The summed E-state index contributed by atoms with van der Waals surface area (Å²) in [5.41, 5.74) is 2.56. The summed E-state index contributed by atoms with van der Waals surface area (Å²) in [5.74, 6) is -0.907. The second-order valence-corrected chi connectivity index (χ2v) is 7.47. The number of amides is 2.